The highest BCUT2D eigenvalue weighted by Crippen LogP contribution is 2.09. The van der Waals surface area contributed by atoms with Crippen LogP contribution in [-0.2, 0) is 11.2 Å². The Kier molecular flexibility index (Phi) is 5.15. The number of rotatable bonds is 6. The molecule has 5 nitrogen and oxygen atoms in total. The van der Waals surface area contributed by atoms with E-state index in [1.807, 2.05) is 13.8 Å². The topological polar surface area (TPSA) is 78.0 Å². The van der Waals surface area contributed by atoms with Crippen LogP contribution in [0.15, 0.2) is 0 Å². The molecule has 0 aromatic carbocycles. The molecule has 1 unspecified atom stereocenters. The summed E-state index contributed by atoms with van der Waals surface area (Å²) in [6.45, 7) is 6.16. The number of aryl methyl sites for hydroxylation is 2. The molecule has 0 saturated heterocycles. The second-order valence-corrected chi connectivity index (χ2v) is 4.43. The van der Waals surface area contributed by atoms with Gasteiger partial charge in [0.1, 0.15) is 0 Å². The summed E-state index contributed by atoms with van der Waals surface area (Å²) in [5, 5.41) is 18.8. The zero-order valence-corrected chi connectivity index (χ0v) is 10.7. The first kappa shape index (κ1) is 13.7. The number of carbonyl (C=O) groups excluding carboxylic acids is 1. The zero-order chi connectivity index (χ0) is 12.8. The van der Waals surface area contributed by atoms with Crippen molar-refractivity contribution in [2.75, 3.05) is 6.54 Å². The van der Waals surface area contributed by atoms with Crippen molar-refractivity contribution in [1.29, 1.82) is 0 Å². The normalized spacial score (nSPS) is 12.5. The molecule has 0 fully saturated rings. The highest BCUT2D eigenvalue weighted by Gasteiger charge is 2.10. The van der Waals surface area contributed by atoms with E-state index in [9.17, 15) is 4.79 Å². The molecule has 17 heavy (non-hydrogen) atoms. The number of carbonyl (C=O) groups is 1. The van der Waals surface area contributed by atoms with Crippen molar-refractivity contribution in [3.63, 3.8) is 0 Å². The van der Waals surface area contributed by atoms with Crippen LogP contribution in [0.2, 0.25) is 0 Å². The van der Waals surface area contributed by atoms with Gasteiger partial charge in [-0.15, -0.1) is 0 Å². The van der Waals surface area contributed by atoms with Crippen molar-refractivity contribution in [3.05, 3.63) is 17.0 Å². The lowest BCUT2D eigenvalue weighted by Gasteiger charge is -2.06. The Balaban J connectivity index is 2.30. The Morgan fingerprint density at radius 3 is 2.76 bits per heavy atom. The number of aromatic nitrogens is 2. The standard InChI is InChI=1S/C12H21N3O2/c1-8(16)5-4-6-13-12(17)7-11-9(2)14-15-10(11)3/h8,16H,4-7H2,1-3H3,(H,13,17)(H,14,15). The summed E-state index contributed by atoms with van der Waals surface area (Å²) in [4.78, 5) is 11.6. The Morgan fingerprint density at radius 2 is 2.24 bits per heavy atom. The van der Waals surface area contributed by atoms with Crippen LogP contribution in [0.25, 0.3) is 0 Å². The van der Waals surface area contributed by atoms with E-state index in [-0.39, 0.29) is 12.0 Å². The Morgan fingerprint density at radius 1 is 1.53 bits per heavy atom. The quantitative estimate of drug-likeness (QED) is 0.644. The van der Waals surface area contributed by atoms with Crippen molar-refractivity contribution in [1.82, 2.24) is 15.5 Å². The maximum Gasteiger partial charge on any atom is 0.224 e. The van der Waals surface area contributed by atoms with Gasteiger partial charge in [0.25, 0.3) is 0 Å². The van der Waals surface area contributed by atoms with E-state index in [0.29, 0.717) is 19.4 Å². The number of amides is 1. The number of hydrogen-bond acceptors (Lipinski definition) is 3. The summed E-state index contributed by atoms with van der Waals surface area (Å²) in [6, 6.07) is 0. The summed E-state index contributed by atoms with van der Waals surface area (Å²) < 4.78 is 0. The van der Waals surface area contributed by atoms with Gasteiger partial charge in [-0.2, -0.15) is 5.10 Å². The molecule has 1 amide bonds. The van der Waals surface area contributed by atoms with Crippen molar-refractivity contribution in [2.24, 2.45) is 0 Å². The van der Waals surface area contributed by atoms with E-state index in [1.54, 1.807) is 6.92 Å². The molecule has 1 atom stereocenters. The third-order valence-corrected chi connectivity index (χ3v) is 2.74. The van der Waals surface area contributed by atoms with Crippen LogP contribution >= 0.6 is 0 Å². The molecule has 1 aromatic heterocycles. The number of aliphatic hydroxyl groups is 1. The Labute approximate surface area is 102 Å². The van der Waals surface area contributed by atoms with E-state index in [4.69, 9.17) is 5.11 Å². The first-order valence-corrected chi connectivity index (χ1v) is 5.96. The van der Waals surface area contributed by atoms with Gasteiger partial charge in [-0.25, -0.2) is 0 Å². The third kappa shape index (κ3) is 4.56. The zero-order valence-electron chi connectivity index (χ0n) is 10.7. The highest BCUT2D eigenvalue weighted by atomic mass is 16.3. The van der Waals surface area contributed by atoms with Crippen molar-refractivity contribution in [3.8, 4) is 0 Å². The van der Waals surface area contributed by atoms with Gasteiger partial charge in [0.15, 0.2) is 0 Å². The van der Waals surface area contributed by atoms with E-state index < -0.39 is 0 Å². The number of nitrogens with zero attached hydrogens (tertiary/aromatic N) is 1. The predicted octanol–water partition coefficient (Wildman–Crippen LogP) is 0.846. The number of hydrogen-bond donors (Lipinski definition) is 3. The van der Waals surface area contributed by atoms with Crippen LogP contribution in [0.1, 0.15) is 36.7 Å². The van der Waals surface area contributed by atoms with Gasteiger partial charge in [0.2, 0.25) is 5.91 Å². The number of aromatic amines is 1. The van der Waals surface area contributed by atoms with Crippen LogP contribution in [0.3, 0.4) is 0 Å². The molecule has 0 saturated carbocycles. The summed E-state index contributed by atoms with van der Waals surface area (Å²) in [6.07, 6.45) is 1.57. The molecule has 0 aliphatic carbocycles. The van der Waals surface area contributed by atoms with Crippen LogP contribution in [0, 0.1) is 13.8 Å². The maximum atomic E-state index is 11.6. The van der Waals surface area contributed by atoms with Crippen LogP contribution < -0.4 is 5.32 Å². The van der Waals surface area contributed by atoms with Crippen LogP contribution in [0.4, 0.5) is 0 Å². The third-order valence-electron chi connectivity index (χ3n) is 2.74. The molecule has 1 rings (SSSR count). The number of nitrogens with one attached hydrogen (secondary N) is 2. The molecule has 1 heterocycles. The smallest absolute Gasteiger partial charge is 0.224 e. The fourth-order valence-corrected chi connectivity index (χ4v) is 1.68. The summed E-state index contributed by atoms with van der Waals surface area (Å²) in [7, 11) is 0. The van der Waals surface area contributed by atoms with E-state index in [0.717, 1.165) is 23.4 Å². The maximum absolute atomic E-state index is 11.6. The molecule has 0 radical (unpaired) electrons. The highest BCUT2D eigenvalue weighted by molar-refractivity contribution is 5.79. The van der Waals surface area contributed by atoms with Crippen molar-refractivity contribution >= 4 is 5.91 Å². The SMILES string of the molecule is Cc1n[nH]c(C)c1CC(=O)NCCCC(C)O. The van der Waals surface area contributed by atoms with Gasteiger partial charge < -0.3 is 10.4 Å². The monoisotopic (exact) mass is 239 g/mol. The molecule has 0 aliphatic rings. The molecule has 5 heteroatoms. The van der Waals surface area contributed by atoms with Gasteiger partial charge in [0.05, 0.1) is 18.2 Å². The molecular formula is C12H21N3O2. The Hall–Kier alpha value is -1.36. The molecule has 1 aromatic rings. The lowest BCUT2D eigenvalue weighted by molar-refractivity contribution is -0.120. The lowest BCUT2D eigenvalue weighted by Crippen LogP contribution is -2.27. The second-order valence-electron chi connectivity index (χ2n) is 4.43. The summed E-state index contributed by atoms with van der Waals surface area (Å²) in [5.74, 6) is 0.00296. The van der Waals surface area contributed by atoms with Crippen molar-refractivity contribution in [2.45, 2.75) is 46.1 Å². The van der Waals surface area contributed by atoms with Gasteiger partial charge in [0, 0.05) is 17.8 Å². The first-order valence-electron chi connectivity index (χ1n) is 5.96. The molecule has 3 N–H and O–H groups in total. The van der Waals surface area contributed by atoms with Gasteiger partial charge in [-0.1, -0.05) is 0 Å². The number of H-pyrrole nitrogens is 1. The molecule has 0 bridgehead atoms. The average molecular weight is 239 g/mol. The van der Waals surface area contributed by atoms with Crippen molar-refractivity contribution < 1.29 is 9.90 Å². The minimum Gasteiger partial charge on any atom is -0.393 e. The summed E-state index contributed by atoms with van der Waals surface area (Å²) in [5.41, 5.74) is 2.79. The predicted molar refractivity (Wildman–Crippen MR) is 65.7 cm³/mol. The lowest BCUT2D eigenvalue weighted by atomic mass is 10.1. The average Bonchev–Trinajstić information content (AvgIpc) is 2.56. The summed E-state index contributed by atoms with van der Waals surface area (Å²) >= 11 is 0. The van der Waals surface area contributed by atoms with Crippen LogP contribution in [0.5, 0.6) is 0 Å². The fraction of sp³-hybridized carbons (Fsp3) is 0.667. The number of aliphatic hydroxyl groups excluding tert-OH is 1. The van der Waals surface area contributed by atoms with Crippen LogP contribution in [-0.4, -0.2) is 33.9 Å². The fourth-order valence-electron chi connectivity index (χ4n) is 1.68. The Bertz CT molecular complexity index is 352. The minimum atomic E-state index is -0.301. The second kappa shape index (κ2) is 6.39. The largest absolute Gasteiger partial charge is 0.393 e. The molecule has 0 aliphatic heterocycles. The minimum absolute atomic E-state index is 0.00296. The first-order chi connectivity index (χ1) is 8.00. The van der Waals surface area contributed by atoms with E-state index >= 15 is 0 Å². The van der Waals surface area contributed by atoms with Gasteiger partial charge >= 0.3 is 0 Å². The molecule has 96 valence electrons. The molecular weight excluding hydrogens is 218 g/mol. The van der Waals surface area contributed by atoms with Gasteiger partial charge in [-0.05, 0) is 33.6 Å². The van der Waals surface area contributed by atoms with E-state index in [1.165, 1.54) is 0 Å². The van der Waals surface area contributed by atoms with Gasteiger partial charge in [-0.3, -0.25) is 9.89 Å². The molecule has 0 spiro atoms. The van der Waals surface area contributed by atoms with E-state index in [2.05, 4.69) is 15.5 Å².